The monoisotopic (exact) mass is 328 g/mol. The molecule has 1 amide bonds. The number of hydrogen-bond donors (Lipinski definition) is 0. The molecule has 1 fully saturated rings. The minimum absolute atomic E-state index is 0.0297. The average molecular weight is 328 g/mol. The molecule has 1 aliphatic heterocycles. The lowest BCUT2D eigenvalue weighted by Gasteiger charge is -2.32. The number of carbonyl (C=O) groups is 1. The van der Waals surface area contributed by atoms with Gasteiger partial charge in [0.05, 0.1) is 5.69 Å². The van der Waals surface area contributed by atoms with Crippen LogP contribution in [-0.4, -0.2) is 58.7 Å². The first kappa shape index (κ1) is 15.3. The van der Waals surface area contributed by atoms with Crippen molar-refractivity contribution in [3.63, 3.8) is 0 Å². The van der Waals surface area contributed by atoms with E-state index in [-0.39, 0.29) is 11.7 Å². The second-order valence-electron chi connectivity index (χ2n) is 6.61. The Balaban J connectivity index is 1.68. The molecule has 4 rings (SSSR count). The molecule has 1 aliphatic carbocycles. The SMILES string of the molecule is CN1CCN(C(=O)c2nn(-c3ccc(F)cc3)c3c2CCC3)CC1. The Bertz CT molecular complexity index is 760. The Morgan fingerprint density at radius 3 is 2.50 bits per heavy atom. The molecule has 0 radical (unpaired) electrons. The number of fused-ring (bicyclic) bond motifs is 1. The summed E-state index contributed by atoms with van der Waals surface area (Å²) in [5, 5.41) is 4.62. The molecule has 0 atom stereocenters. The zero-order chi connectivity index (χ0) is 16.7. The molecule has 0 unspecified atom stereocenters. The van der Waals surface area contributed by atoms with Crippen molar-refractivity contribution in [2.45, 2.75) is 19.3 Å². The molecule has 2 aliphatic rings. The van der Waals surface area contributed by atoms with E-state index in [9.17, 15) is 9.18 Å². The predicted octanol–water partition coefficient (Wildman–Crippen LogP) is 1.89. The largest absolute Gasteiger partial charge is 0.335 e. The molecule has 0 saturated carbocycles. The molecule has 6 heteroatoms. The first-order chi connectivity index (χ1) is 11.6. The number of nitrogens with zero attached hydrogens (tertiary/aromatic N) is 4. The summed E-state index contributed by atoms with van der Waals surface area (Å²) in [6.45, 7) is 3.28. The summed E-state index contributed by atoms with van der Waals surface area (Å²) in [6.07, 6.45) is 2.85. The van der Waals surface area contributed by atoms with Gasteiger partial charge in [0.25, 0.3) is 5.91 Å². The van der Waals surface area contributed by atoms with Crippen molar-refractivity contribution >= 4 is 5.91 Å². The Kier molecular flexibility index (Phi) is 3.84. The van der Waals surface area contributed by atoms with Crippen molar-refractivity contribution in [1.29, 1.82) is 0 Å². The maximum Gasteiger partial charge on any atom is 0.274 e. The van der Waals surface area contributed by atoms with E-state index in [0.29, 0.717) is 5.69 Å². The third kappa shape index (κ3) is 2.60. The van der Waals surface area contributed by atoms with Crippen LogP contribution < -0.4 is 0 Å². The predicted molar refractivity (Wildman–Crippen MR) is 88.9 cm³/mol. The van der Waals surface area contributed by atoms with Crippen LogP contribution in [-0.2, 0) is 12.8 Å². The maximum absolute atomic E-state index is 13.2. The third-order valence-electron chi connectivity index (χ3n) is 4.99. The average Bonchev–Trinajstić information content (AvgIpc) is 3.18. The number of benzene rings is 1. The van der Waals surface area contributed by atoms with Crippen molar-refractivity contribution in [1.82, 2.24) is 19.6 Å². The van der Waals surface area contributed by atoms with Crippen molar-refractivity contribution < 1.29 is 9.18 Å². The van der Waals surface area contributed by atoms with Gasteiger partial charge in [-0.1, -0.05) is 0 Å². The summed E-state index contributed by atoms with van der Waals surface area (Å²) in [6, 6.07) is 6.29. The van der Waals surface area contributed by atoms with Gasteiger partial charge in [0.2, 0.25) is 0 Å². The minimum atomic E-state index is -0.267. The second-order valence-corrected chi connectivity index (χ2v) is 6.61. The van der Waals surface area contributed by atoms with E-state index in [1.807, 2.05) is 9.58 Å². The topological polar surface area (TPSA) is 41.4 Å². The smallest absolute Gasteiger partial charge is 0.274 e. The fraction of sp³-hybridized carbons (Fsp3) is 0.444. The fourth-order valence-corrected chi connectivity index (χ4v) is 3.56. The van der Waals surface area contributed by atoms with Gasteiger partial charge >= 0.3 is 0 Å². The minimum Gasteiger partial charge on any atom is -0.335 e. The highest BCUT2D eigenvalue weighted by Gasteiger charge is 2.30. The first-order valence-electron chi connectivity index (χ1n) is 8.48. The summed E-state index contributed by atoms with van der Waals surface area (Å²) in [5.41, 5.74) is 3.56. The lowest BCUT2D eigenvalue weighted by atomic mass is 10.1. The molecule has 1 aromatic carbocycles. The van der Waals surface area contributed by atoms with Crippen LogP contribution in [0.5, 0.6) is 0 Å². The molecule has 1 saturated heterocycles. The van der Waals surface area contributed by atoms with E-state index in [1.165, 1.54) is 12.1 Å². The Hall–Kier alpha value is -2.21. The van der Waals surface area contributed by atoms with Crippen LogP contribution in [0.25, 0.3) is 5.69 Å². The number of amides is 1. The number of hydrogen-bond acceptors (Lipinski definition) is 3. The molecule has 126 valence electrons. The van der Waals surface area contributed by atoms with Gasteiger partial charge in [-0.15, -0.1) is 0 Å². The van der Waals surface area contributed by atoms with Crippen molar-refractivity contribution in [3.05, 3.63) is 47.0 Å². The second kappa shape index (κ2) is 6.02. The highest BCUT2D eigenvalue weighted by atomic mass is 19.1. The van der Waals surface area contributed by atoms with Crippen LogP contribution in [0.3, 0.4) is 0 Å². The Morgan fingerprint density at radius 2 is 1.79 bits per heavy atom. The number of halogens is 1. The molecule has 0 bridgehead atoms. The molecular weight excluding hydrogens is 307 g/mol. The van der Waals surface area contributed by atoms with Crippen LogP contribution >= 0.6 is 0 Å². The molecule has 5 nitrogen and oxygen atoms in total. The number of aromatic nitrogens is 2. The van der Waals surface area contributed by atoms with E-state index in [0.717, 1.165) is 62.4 Å². The van der Waals surface area contributed by atoms with Crippen LogP contribution in [0.4, 0.5) is 4.39 Å². The van der Waals surface area contributed by atoms with Crippen molar-refractivity contribution in [3.8, 4) is 5.69 Å². The molecular formula is C18H21FN4O. The maximum atomic E-state index is 13.2. The number of rotatable bonds is 2. The lowest BCUT2D eigenvalue weighted by molar-refractivity contribution is 0.0656. The van der Waals surface area contributed by atoms with Gasteiger partial charge in [-0.05, 0) is 50.6 Å². The summed E-state index contributed by atoms with van der Waals surface area (Å²) in [7, 11) is 2.07. The zero-order valence-corrected chi connectivity index (χ0v) is 13.8. The van der Waals surface area contributed by atoms with Gasteiger partial charge in [-0.2, -0.15) is 5.10 Å². The highest BCUT2D eigenvalue weighted by Crippen LogP contribution is 2.28. The van der Waals surface area contributed by atoms with Crippen molar-refractivity contribution in [2.75, 3.05) is 33.2 Å². The van der Waals surface area contributed by atoms with Crippen LogP contribution in [0.1, 0.15) is 28.2 Å². The summed E-state index contributed by atoms with van der Waals surface area (Å²) in [4.78, 5) is 17.1. The van der Waals surface area contributed by atoms with Gasteiger partial charge in [-0.3, -0.25) is 4.79 Å². The Labute approximate surface area is 140 Å². The summed E-state index contributed by atoms with van der Waals surface area (Å²) in [5.74, 6) is -0.238. The van der Waals surface area contributed by atoms with Crippen LogP contribution in [0.15, 0.2) is 24.3 Å². The number of likely N-dealkylation sites (N-methyl/N-ethyl adjacent to an activating group) is 1. The first-order valence-corrected chi connectivity index (χ1v) is 8.48. The molecule has 24 heavy (non-hydrogen) atoms. The van der Waals surface area contributed by atoms with Gasteiger partial charge in [0, 0.05) is 37.4 Å². The Morgan fingerprint density at radius 1 is 1.08 bits per heavy atom. The third-order valence-corrected chi connectivity index (χ3v) is 4.99. The zero-order valence-electron chi connectivity index (χ0n) is 13.8. The van der Waals surface area contributed by atoms with Crippen molar-refractivity contribution in [2.24, 2.45) is 0 Å². The number of carbonyl (C=O) groups excluding carboxylic acids is 1. The molecule has 0 N–H and O–H groups in total. The fourth-order valence-electron chi connectivity index (χ4n) is 3.56. The molecule has 2 heterocycles. The lowest BCUT2D eigenvalue weighted by Crippen LogP contribution is -2.47. The van der Waals surface area contributed by atoms with Gasteiger partial charge in [0.15, 0.2) is 5.69 Å². The summed E-state index contributed by atoms with van der Waals surface area (Å²) >= 11 is 0. The van der Waals surface area contributed by atoms with E-state index in [4.69, 9.17) is 0 Å². The van der Waals surface area contributed by atoms with Gasteiger partial charge in [-0.25, -0.2) is 9.07 Å². The highest BCUT2D eigenvalue weighted by molar-refractivity contribution is 5.94. The molecule has 0 spiro atoms. The quantitative estimate of drug-likeness (QED) is 0.845. The van der Waals surface area contributed by atoms with E-state index in [2.05, 4.69) is 17.0 Å². The van der Waals surface area contributed by atoms with Gasteiger partial charge < -0.3 is 9.80 Å². The van der Waals surface area contributed by atoms with Crippen LogP contribution in [0, 0.1) is 5.82 Å². The normalized spacial score (nSPS) is 18.0. The van der Waals surface area contributed by atoms with E-state index < -0.39 is 0 Å². The summed E-state index contributed by atoms with van der Waals surface area (Å²) < 4.78 is 15.0. The van der Waals surface area contributed by atoms with E-state index >= 15 is 0 Å². The molecule has 1 aromatic heterocycles. The van der Waals surface area contributed by atoms with E-state index in [1.54, 1.807) is 12.1 Å². The number of piperazine rings is 1. The standard InChI is InChI=1S/C18H21FN4O/c1-21-9-11-22(12-10-21)18(24)17-15-3-2-4-16(15)23(20-17)14-7-5-13(19)6-8-14/h5-8H,2-4,9-12H2,1H3. The molecule has 2 aromatic rings. The van der Waals surface area contributed by atoms with Crippen LogP contribution in [0.2, 0.25) is 0 Å². The van der Waals surface area contributed by atoms with Gasteiger partial charge in [0.1, 0.15) is 5.82 Å².